The molecule has 2 rings (SSSR count). The summed E-state index contributed by atoms with van der Waals surface area (Å²) in [7, 11) is 0. The highest BCUT2D eigenvalue weighted by Gasteiger charge is 2.33. The van der Waals surface area contributed by atoms with Crippen LogP contribution in [0.3, 0.4) is 0 Å². The molecule has 100 valence electrons. The Morgan fingerprint density at radius 3 is 2.32 bits per heavy atom. The summed E-state index contributed by atoms with van der Waals surface area (Å²) in [5.74, 6) is 2.14. The van der Waals surface area contributed by atoms with Crippen molar-refractivity contribution in [3.8, 4) is 12.3 Å². The van der Waals surface area contributed by atoms with Crippen LogP contribution >= 0.6 is 0 Å². The van der Waals surface area contributed by atoms with Gasteiger partial charge in [-0.2, -0.15) is 13.2 Å². The van der Waals surface area contributed by atoms with Crippen LogP contribution in [0.5, 0.6) is 0 Å². The highest BCUT2D eigenvalue weighted by molar-refractivity contribution is 5.91. The summed E-state index contributed by atoms with van der Waals surface area (Å²) < 4.78 is 38.4. The molecule has 0 N–H and O–H groups in total. The molecule has 1 heterocycles. The van der Waals surface area contributed by atoms with Gasteiger partial charge in [0.25, 0.3) is 0 Å². The molecule has 0 saturated carbocycles. The second-order valence-electron chi connectivity index (χ2n) is 3.68. The Morgan fingerprint density at radius 2 is 1.79 bits per heavy atom. The number of terminal acetylenes is 1. The fourth-order valence-electron chi connectivity index (χ4n) is 1.83. The molecule has 0 radical (unpaired) electrons. The van der Waals surface area contributed by atoms with E-state index in [1.165, 1.54) is 18.5 Å². The molecule has 0 atom stereocenters. The van der Waals surface area contributed by atoms with E-state index in [-0.39, 0.29) is 5.56 Å². The lowest BCUT2D eigenvalue weighted by molar-refractivity contribution is -0.137. The largest absolute Gasteiger partial charge is 0.417 e. The molecule has 0 fully saturated rings. The van der Waals surface area contributed by atoms with Crippen molar-refractivity contribution < 1.29 is 13.2 Å². The average Bonchev–Trinajstić information content (AvgIpc) is 2.39. The first-order chi connectivity index (χ1) is 8.95. The van der Waals surface area contributed by atoms with Crippen LogP contribution in [0.1, 0.15) is 30.5 Å². The van der Waals surface area contributed by atoms with Gasteiger partial charge >= 0.3 is 6.18 Å². The van der Waals surface area contributed by atoms with E-state index in [0.29, 0.717) is 16.3 Å². The normalized spacial score (nSPS) is 10.6. The predicted octanol–water partition coefficient (Wildman–Crippen LogP) is 4.57. The minimum Gasteiger partial charge on any atom is -0.264 e. The molecule has 0 saturated heterocycles. The molecule has 4 heteroatoms. The lowest BCUT2D eigenvalue weighted by Gasteiger charge is -2.12. The number of hydrogen-bond donors (Lipinski definition) is 0. The van der Waals surface area contributed by atoms with Gasteiger partial charge in [-0.25, -0.2) is 0 Å². The molecule has 0 amide bonds. The molecule has 1 nitrogen and oxygen atoms in total. The van der Waals surface area contributed by atoms with Gasteiger partial charge in [-0.1, -0.05) is 25.8 Å². The van der Waals surface area contributed by atoms with Gasteiger partial charge in [0.2, 0.25) is 0 Å². The molecule has 0 unspecified atom stereocenters. The Balaban J connectivity index is 0.000000861. The third-order valence-electron chi connectivity index (χ3n) is 2.56. The van der Waals surface area contributed by atoms with E-state index in [1.54, 1.807) is 6.92 Å². The first kappa shape index (κ1) is 15.0. The Labute approximate surface area is 110 Å². The minimum atomic E-state index is -4.44. The van der Waals surface area contributed by atoms with Crippen LogP contribution in [0.4, 0.5) is 13.2 Å². The summed E-state index contributed by atoms with van der Waals surface area (Å²) in [6.07, 6.45) is 3.78. The van der Waals surface area contributed by atoms with Crippen LogP contribution in [0, 0.1) is 19.3 Å². The topological polar surface area (TPSA) is 12.9 Å². The maximum Gasteiger partial charge on any atom is 0.417 e. The van der Waals surface area contributed by atoms with Crippen LogP contribution in [0.25, 0.3) is 10.8 Å². The van der Waals surface area contributed by atoms with Gasteiger partial charge in [-0.3, -0.25) is 4.98 Å². The highest BCUT2D eigenvalue weighted by atomic mass is 19.4. The van der Waals surface area contributed by atoms with Gasteiger partial charge in [-0.05, 0) is 18.6 Å². The number of nitrogens with zero attached hydrogens (tertiary/aromatic N) is 1. The Morgan fingerprint density at radius 1 is 1.16 bits per heavy atom. The van der Waals surface area contributed by atoms with Crippen molar-refractivity contribution in [3.63, 3.8) is 0 Å². The van der Waals surface area contributed by atoms with Crippen molar-refractivity contribution >= 4 is 10.8 Å². The summed E-state index contributed by atoms with van der Waals surface area (Å²) >= 11 is 0. The van der Waals surface area contributed by atoms with Crippen molar-refractivity contribution in [2.24, 2.45) is 0 Å². The number of halogens is 3. The number of aromatic nitrogens is 1. The third-order valence-corrected chi connectivity index (χ3v) is 2.56. The third kappa shape index (κ3) is 2.87. The molecular formula is C15H14F3N. The van der Waals surface area contributed by atoms with Gasteiger partial charge in [0.05, 0.1) is 5.56 Å². The van der Waals surface area contributed by atoms with E-state index in [2.05, 4.69) is 10.9 Å². The molecule has 19 heavy (non-hydrogen) atoms. The van der Waals surface area contributed by atoms with Gasteiger partial charge in [0.15, 0.2) is 0 Å². The molecule has 0 spiro atoms. The van der Waals surface area contributed by atoms with E-state index < -0.39 is 11.7 Å². The van der Waals surface area contributed by atoms with Gasteiger partial charge in [-0.15, -0.1) is 6.42 Å². The molecule has 0 aliphatic heterocycles. The molecule has 0 bridgehead atoms. The van der Waals surface area contributed by atoms with Crippen molar-refractivity contribution in [3.05, 3.63) is 41.2 Å². The fraction of sp³-hybridized carbons (Fsp3) is 0.267. The van der Waals surface area contributed by atoms with Crippen molar-refractivity contribution in [2.45, 2.75) is 26.9 Å². The van der Waals surface area contributed by atoms with Crippen LogP contribution < -0.4 is 0 Å². The van der Waals surface area contributed by atoms with E-state index >= 15 is 0 Å². The van der Waals surface area contributed by atoms with Gasteiger partial charge < -0.3 is 0 Å². The quantitative estimate of drug-likeness (QED) is 0.636. The molecule has 0 aliphatic rings. The van der Waals surface area contributed by atoms with Gasteiger partial charge in [0.1, 0.15) is 0 Å². The first-order valence-electron chi connectivity index (χ1n) is 5.86. The molecular weight excluding hydrogens is 251 g/mol. The summed E-state index contributed by atoms with van der Waals surface area (Å²) in [5, 5.41) is 1.06. The predicted molar refractivity (Wildman–Crippen MR) is 70.8 cm³/mol. The van der Waals surface area contributed by atoms with Crippen molar-refractivity contribution in [2.75, 3.05) is 0 Å². The first-order valence-corrected chi connectivity index (χ1v) is 5.86. The van der Waals surface area contributed by atoms with Gasteiger partial charge in [0, 0.05) is 28.7 Å². The van der Waals surface area contributed by atoms with Crippen LogP contribution in [-0.4, -0.2) is 4.98 Å². The fourth-order valence-corrected chi connectivity index (χ4v) is 1.83. The molecule has 1 aromatic heterocycles. The molecule has 1 aromatic carbocycles. The average molecular weight is 265 g/mol. The van der Waals surface area contributed by atoms with Crippen LogP contribution in [-0.2, 0) is 6.18 Å². The summed E-state index contributed by atoms with van der Waals surface area (Å²) in [5.41, 5.74) is -0.252. The number of rotatable bonds is 0. The van der Waals surface area contributed by atoms with Crippen molar-refractivity contribution in [1.82, 2.24) is 4.98 Å². The van der Waals surface area contributed by atoms with Crippen LogP contribution in [0.15, 0.2) is 24.5 Å². The smallest absolute Gasteiger partial charge is 0.264 e. The standard InChI is InChI=1S/C13H8F3N.C2H6/c1-3-10-11(13(14,15)16)5-4-9-7-17-6-8(2)12(9)10;1-2/h1,4-7H,2H3;1-2H3. The molecule has 0 aliphatic carbocycles. The highest BCUT2D eigenvalue weighted by Crippen LogP contribution is 2.35. The maximum atomic E-state index is 12.8. The lowest BCUT2D eigenvalue weighted by atomic mass is 9.97. The van der Waals surface area contributed by atoms with Crippen LogP contribution in [0.2, 0.25) is 0 Å². The Bertz CT molecular complexity index is 622. The number of hydrogen-bond acceptors (Lipinski definition) is 1. The zero-order valence-electron chi connectivity index (χ0n) is 11.0. The second kappa shape index (κ2) is 5.75. The maximum absolute atomic E-state index is 12.8. The monoisotopic (exact) mass is 265 g/mol. The van der Waals surface area contributed by atoms with E-state index in [0.717, 1.165) is 6.07 Å². The SMILES string of the molecule is C#Cc1c(C(F)(F)F)ccc2cncc(C)c12.CC. The van der Waals surface area contributed by atoms with E-state index in [1.807, 2.05) is 13.8 Å². The molecule has 2 aromatic rings. The lowest BCUT2D eigenvalue weighted by Crippen LogP contribution is -2.08. The minimum absolute atomic E-state index is 0.116. The number of benzene rings is 1. The van der Waals surface area contributed by atoms with Crippen molar-refractivity contribution in [1.29, 1.82) is 0 Å². The second-order valence-corrected chi connectivity index (χ2v) is 3.68. The summed E-state index contributed by atoms with van der Waals surface area (Å²) in [6.45, 7) is 5.69. The number of pyridine rings is 1. The Kier molecular flexibility index (Phi) is 4.55. The summed E-state index contributed by atoms with van der Waals surface area (Å²) in [6, 6.07) is 2.39. The zero-order chi connectivity index (χ0) is 14.6. The number of aryl methyl sites for hydroxylation is 1. The number of alkyl halides is 3. The van der Waals surface area contributed by atoms with E-state index in [4.69, 9.17) is 6.42 Å². The zero-order valence-corrected chi connectivity index (χ0v) is 11.0. The Hall–Kier alpha value is -2.02. The number of fused-ring (bicyclic) bond motifs is 1. The van der Waals surface area contributed by atoms with E-state index in [9.17, 15) is 13.2 Å². The summed E-state index contributed by atoms with van der Waals surface area (Å²) in [4.78, 5) is 3.93.